The third kappa shape index (κ3) is 31.8. The molecule has 2 aromatic rings. The fourth-order valence-corrected chi connectivity index (χ4v) is 9.19. The number of thioether (sulfide) groups is 1. The molecule has 1 aliphatic carbocycles. The van der Waals surface area contributed by atoms with E-state index in [4.69, 9.17) is 10.2 Å². The molecule has 1 aliphatic rings. The van der Waals surface area contributed by atoms with Crippen LogP contribution in [0.1, 0.15) is 237 Å². The first-order valence-corrected chi connectivity index (χ1v) is 26.7. The van der Waals surface area contributed by atoms with Gasteiger partial charge in [-0.15, -0.1) is 0 Å². The van der Waals surface area contributed by atoms with Crippen LogP contribution < -0.4 is 0 Å². The molecule has 3 N–H and O–H groups in total. The van der Waals surface area contributed by atoms with Crippen LogP contribution in [0.4, 0.5) is 0 Å². The molecule has 0 fully saturated rings. The zero-order valence-corrected chi connectivity index (χ0v) is 41.1. The Labute approximate surface area is 385 Å². The number of hydrogen-bond acceptors (Lipinski definition) is 6. The Morgan fingerprint density at radius 2 is 0.758 bits per heavy atom. The lowest BCUT2D eigenvalue weighted by Crippen LogP contribution is -2.06. The van der Waals surface area contributed by atoms with E-state index >= 15 is 0 Å². The van der Waals surface area contributed by atoms with Gasteiger partial charge in [0.05, 0.1) is 0 Å². The highest BCUT2D eigenvalue weighted by Gasteiger charge is 2.17. The Morgan fingerprint density at radius 1 is 0.435 bits per heavy atom. The van der Waals surface area contributed by atoms with E-state index in [0.717, 1.165) is 12.8 Å². The van der Waals surface area contributed by atoms with E-state index in [1.807, 2.05) is 0 Å². The Bertz CT molecular complexity index is 1330. The summed E-state index contributed by atoms with van der Waals surface area (Å²) in [7, 11) is 0. The lowest BCUT2D eigenvalue weighted by Gasteiger charge is -2.21. The molecule has 0 saturated carbocycles. The van der Waals surface area contributed by atoms with Crippen LogP contribution in [0.5, 0.6) is 17.2 Å². The molecule has 0 spiro atoms. The van der Waals surface area contributed by atoms with Gasteiger partial charge in [-0.3, -0.25) is 9.59 Å². The Morgan fingerprint density at radius 3 is 1.11 bits per heavy atom. The largest absolute Gasteiger partial charge is 0.508 e. The maximum atomic E-state index is 11.5. The monoisotopic (exact) mass is 877 g/mol. The van der Waals surface area contributed by atoms with Crippen molar-refractivity contribution in [2.24, 2.45) is 0 Å². The summed E-state index contributed by atoms with van der Waals surface area (Å²) in [6, 6.07) is 10.6. The van der Waals surface area contributed by atoms with Crippen LogP contribution in [0, 0.1) is 0 Å². The topological polar surface area (TPSA) is 94.8 Å². The molecule has 62 heavy (non-hydrogen) atoms. The number of aryl methyl sites for hydroxylation is 2. The average Bonchev–Trinajstić information content (AvgIpc) is 3.27. The van der Waals surface area contributed by atoms with Gasteiger partial charge in [-0.1, -0.05) is 200 Å². The first-order chi connectivity index (χ1) is 30.2. The number of benzene rings is 2. The van der Waals surface area contributed by atoms with Crippen LogP contribution in [-0.2, 0) is 22.4 Å². The second-order valence-corrected chi connectivity index (χ2v) is 18.9. The first kappa shape index (κ1) is 57.0. The fraction of sp³-hybridized carbons (Fsp3) is 0.679. The van der Waals surface area contributed by atoms with Crippen molar-refractivity contribution in [1.82, 2.24) is 0 Å². The number of rotatable bonds is 35. The summed E-state index contributed by atoms with van der Waals surface area (Å²) in [5.41, 5.74) is 4.05. The molecule has 352 valence electrons. The van der Waals surface area contributed by atoms with Crippen LogP contribution >= 0.6 is 11.8 Å². The Kier molecular flexibility index (Phi) is 37.5. The molecule has 0 amide bonds. The van der Waals surface area contributed by atoms with Crippen molar-refractivity contribution >= 4 is 23.3 Å². The Hall–Kier alpha value is -2.99. The van der Waals surface area contributed by atoms with Gasteiger partial charge < -0.3 is 15.3 Å². The van der Waals surface area contributed by atoms with Crippen molar-refractivity contribution in [3.63, 3.8) is 0 Å². The maximum Gasteiger partial charge on any atom is 0.178 e. The van der Waals surface area contributed by atoms with Crippen LogP contribution in [0.15, 0.2) is 60.7 Å². The van der Waals surface area contributed by atoms with Gasteiger partial charge >= 0.3 is 0 Å². The van der Waals surface area contributed by atoms with Crippen molar-refractivity contribution in [1.29, 1.82) is 0 Å². The highest BCUT2D eigenvalue weighted by atomic mass is 32.2. The highest BCUT2D eigenvalue weighted by molar-refractivity contribution is 7.99. The molecule has 0 bridgehead atoms. The number of ketones is 2. The molecule has 1 unspecified atom stereocenters. The minimum absolute atomic E-state index is 0.121. The zero-order valence-electron chi connectivity index (χ0n) is 40.3. The van der Waals surface area contributed by atoms with Crippen molar-refractivity contribution in [2.75, 3.05) is 11.5 Å². The summed E-state index contributed by atoms with van der Waals surface area (Å²) >= 11 is 2.18. The molecule has 0 radical (unpaired) electrons. The van der Waals surface area contributed by atoms with E-state index in [-0.39, 0.29) is 23.1 Å². The van der Waals surface area contributed by atoms with Gasteiger partial charge in [0.2, 0.25) is 0 Å². The molecule has 3 rings (SSSR count). The summed E-state index contributed by atoms with van der Waals surface area (Å²) < 4.78 is 0. The van der Waals surface area contributed by atoms with E-state index in [1.165, 1.54) is 257 Å². The molecule has 6 heteroatoms. The smallest absolute Gasteiger partial charge is 0.178 e. The lowest BCUT2D eigenvalue weighted by molar-refractivity contribution is -0.113. The summed E-state index contributed by atoms with van der Waals surface area (Å²) in [5, 5.41) is 28.8. The molecule has 2 aromatic carbocycles. The van der Waals surface area contributed by atoms with Crippen molar-refractivity contribution in [3.05, 3.63) is 77.4 Å². The lowest BCUT2D eigenvalue weighted by atomic mass is 9.88. The van der Waals surface area contributed by atoms with Gasteiger partial charge in [0, 0.05) is 5.75 Å². The predicted octanol–water partition coefficient (Wildman–Crippen LogP) is 17.0. The van der Waals surface area contributed by atoms with Gasteiger partial charge in [0.15, 0.2) is 11.6 Å². The van der Waals surface area contributed by atoms with E-state index in [1.54, 1.807) is 5.56 Å². The van der Waals surface area contributed by atoms with Gasteiger partial charge in [-0.05, 0) is 115 Å². The van der Waals surface area contributed by atoms with E-state index in [0.29, 0.717) is 11.7 Å². The zero-order chi connectivity index (χ0) is 45.3. The summed E-state index contributed by atoms with van der Waals surface area (Å²) in [6.45, 7) is 9.23. The normalized spacial score (nSPS) is 12.5. The molecule has 5 nitrogen and oxygen atoms in total. The minimum Gasteiger partial charge on any atom is -0.508 e. The predicted molar refractivity (Wildman–Crippen MR) is 270 cm³/mol. The van der Waals surface area contributed by atoms with Crippen molar-refractivity contribution < 1.29 is 24.9 Å². The summed E-state index contributed by atoms with van der Waals surface area (Å²) in [5.74, 6) is 3.91. The van der Waals surface area contributed by atoms with Crippen LogP contribution in [0.2, 0.25) is 0 Å². The van der Waals surface area contributed by atoms with Crippen molar-refractivity contribution in [3.8, 4) is 17.2 Å². The Balaban J connectivity index is 0.000000983. The molecule has 0 aromatic heterocycles. The van der Waals surface area contributed by atoms with Crippen LogP contribution in [0.25, 0.3) is 0 Å². The number of hydrogen-bond donors (Lipinski definition) is 3. The number of aromatic hydroxyl groups is 3. The van der Waals surface area contributed by atoms with Crippen LogP contribution in [-0.4, -0.2) is 38.4 Å². The van der Waals surface area contributed by atoms with Gasteiger partial charge in [-0.25, -0.2) is 0 Å². The highest BCUT2D eigenvalue weighted by Crippen LogP contribution is 2.35. The summed E-state index contributed by atoms with van der Waals surface area (Å²) in [6.07, 6.45) is 46.6. The number of unbranched alkanes of at least 4 members (excludes halogenated alkanes) is 24. The molecule has 1 atom stereocenters. The van der Waals surface area contributed by atoms with E-state index < -0.39 is 0 Å². The molecular weight excluding hydrogens is 785 g/mol. The van der Waals surface area contributed by atoms with E-state index in [2.05, 4.69) is 51.6 Å². The minimum atomic E-state index is -0.121. The third-order valence-corrected chi connectivity index (χ3v) is 13.1. The SMILES string of the molecule is CCCCCCCCCCCCc1cc(C(CCCCCCCC)CSCCCC)cc(CCCCCCCCCCCC)c1O.O=C1C=CC(=O)C=C1.Oc1ccc(O)cc1. The quantitative estimate of drug-likeness (QED) is 0.0363. The van der Waals surface area contributed by atoms with Crippen LogP contribution in [0.3, 0.4) is 0 Å². The number of phenols is 3. The number of allylic oxidation sites excluding steroid dienone is 4. The molecule has 0 saturated heterocycles. The summed E-state index contributed by atoms with van der Waals surface area (Å²) in [4.78, 5) is 20.6. The number of carbonyl (C=O) groups excluding carboxylic acids is 2. The second-order valence-electron chi connectivity index (χ2n) is 17.7. The third-order valence-electron chi connectivity index (χ3n) is 11.9. The number of carbonyl (C=O) groups is 2. The average molecular weight is 877 g/mol. The van der Waals surface area contributed by atoms with E-state index in [9.17, 15) is 14.7 Å². The van der Waals surface area contributed by atoms with Gasteiger partial charge in [-0.2, -0.15) is 11.8 Å². The van der Waals surface area contributed by atoms with Gasteiger partial charge in [0.1, 0.15) is 17.2 Å². The first-order valence-electron chi connectivity index (χ1n) is 25.6. The van der Waals surface area contributed by atoms with Gasteiger partial charge in [0.25, 0.3) is 0 Å². The standard InChI is InChI=1S/C44H82OS.C6H6O2.C6H4O2/c1-5-9-13-16-19-21-23-25-28-30-33-40-37-43(42(39-46-36-12-8-4)35-32-27-18-15-11-7-3)38-41(44(40)45)34-31-29-26-24-22-20-17-14-10-6-2;2*7-5-1-2-6(8)4-3-5/h37-38,42,45H,5-36,39H2,1-4H3;1-4,7-8H;1-4H. The molecule has 0 aliphatic heterocycles. The number of phenolic OH excluding ortho intramolecular Hbond substituents is 3. The van der Waals surface area contributed by atoms with Crippen molar-refractivity contribution in [2.45, 2.75) is 233 Å². The molecular formula is C56H92O5S. The second kappa shape index (κ2) is 40.8. The molecule has 0 heterocycles. The maximum absolute atomic E-state index is 11.5. The fourth-order valence-electron chi connectivity index (χ4n) is 7.89.